The number of aryl methyl sites for hydroxylation is 1. The summed E-state index contributed by atoms with van der Waals surface area (Å²) in [5.74, 6) is 0.378. The van der Waals surface area contributed by atoms with E-state index in [0.717, 1.165) is 16.9 Å². The molecule has 0 unspecified atom stereocenters. The Hall–Kier alpha value is -1.45. The predicted molar refractivity (Wildman–Crippen MR) is 57.6 cm³/mol. The van der Waals surface area contributed by atoms with Crippen LogP contribution in [-0.2, 0) is 6.54 Å². The Balaban J connectivity index is 2.51. The molecule has 2 rings (SSSR count). The number of hydrogen-bond acceptors (Lipinski definition) is 2. The average molecular weight is 207 g/mol. The van der Waals surface area contributed by atoms with E-state index in [1.54, 1.807) is 10.9 Å². The highest BCUT2D eigenvalue weighted by atomic mass is 19.1. The van der Waals surface area contributed by atoms with Crippen molar-refractivity contribution >= 4 is 11.2 Å². The fraction of sp³-hybridized carbons (Fsp3) is 0.455. The molecular formula is C11H14FN3. The van der Waals surface area contributed by atoms with Gasteiger partial charge in [0.25, 0.3) is 0 Å². The summed E-state index contributed by atoms with van der Waals surface area (Å²) in [6.07, 6.45) is 1.64. The van der Waals surface area contributed by atoms with E-state index in [0.29, 0.717) is 12.5 Å². The van der Waals surface area contributed by atoms with Gasteiger partial charge in [0, 0.05) is 5.69 Å². The number of rotatable bonds is 3. The van der Waals surface area contributed by atoms with E-state index in [4.69, 9.17) is 0 Å². The van der Waals surface area contributed by atoms with Crippen LogP contribution >= 0.6 is 0 Å². The first-order valence-corrected chi connectivity index (χ1v) is 5.10. The zero-order valence-corrected chi connectivity index (χ0v) is 8.94. The zero-order chi connectivity index (χ0) is 10.8. The van der Waals surface area contributed by atoms with Gasteiger partial charge in [-0.25, -0.2) is 14.4 Å². The van der Waals surface area contributed by atoms with Crippen LogP contribution in [0.1, 0.15) is 25.5 Å². The van der Waals surface area contributed by atoms with Crippen molar-refractivity contribution in [1.82, 2.24) is 14.5 Å². The molecule has 0 N–H and O–H groups in total. The Bertz CT molecular complexity index is 462. The molecule has 80 valence electrons. The Morgan fingerprint density at radius 1 is 1.40 bits per heavy atom. The van der Waals surface area contributed by atoms with Crippen LogP contribution in [0, 0.1) is 0 Å². The van der Waals surface area contributed by atoms with Gasteiger partial charge in [0.1, 0.15) is 12.2 Å². The maximum Gasteiger partial charge on any atom is 0.160 e. The van der Waals surface area contributed by atoms with E-state index in [9.17, 15) is 4.39 Å². The first kappa shape index (κ1) is 10.1. The number of imidazole rings is 1. The lowest BCUT2D eigenvalue weighted by Gasteiger charge is -2.05. The number of halogens is 1. The number of hydrogen-bond donors (Lipinski definition) is 0. The molecule has 0 aliphatic rings. The second kappa shape index (κ2) is 3.96. The van der Waals surface area contributed by atoms with Gasteiger partial charge in [0.2, 0.25) is 0 Å². The molecule has 2 aromatic heterocycles. The average Bonchev–Trinajstić information content (AvgIpc) is 2.61. The standard InChI is InChI=1S/C11H14FN3/c1-8(2)9-3-4-10-11(14-9)15(6-5-12)7-13-10/h3-4,7-8H,5-6H2,1-2H3. The summed E-state index contributed by atoms with van der Waals surface area (Å²) >= 11 is 0. The van der Waals surface area contributed by atoms with Crippen molar-refractivity contribution in [3.05, 3.63) is 24.2 Å². The van der Waals surface area contributed by atoms with Gasteiger partial charge in [-0.2, -0.15) is 0 Å². The molecule has 0 amide bonds. The summed E-state index contributed by atoms with van der Waals surface area (Å²) in [4.78, 5) is 8.66. The molecule has 4 heteroatoms. The molecule has 2 heterocycles. The number of aromatic nitrogens is 3. The highest BCUT2D eigenvalue weighted by Gasteiger charge is 2.07. The van der Waals surface area contributed by atoms with Crippen LogP contribution in [0.4, 0.5) is 4.39 Å². The van der Waals surface area contributed by atoms with Crippen molar-refractivity contribution in [3.8, 4) is 0 Å². The van der Waals surface area contributed by atoms with E-state index >= 15 is 0 Å². The van der Waals surface area contributed by atoms with Crippen molar-refractivity contribution in [1.29, 1.82) is 0 Å². The third-order valence-electron chi connectivity index (χ3n) is 2.40. The molecule has 0 saturated heterocycles. The largest absolute Gasteiger partial charge is 0.313 e. The normalized spacial score (nSPS) is 11.5. The maximum absolute atomic E-state index is 12.3. The fourth-order valence-electron chi connectivity index (χ4n) is 1.53. The van der Waals surface area contributed by atoms with Crippen LogP contribution in [0.3, 0.4) is 0 Å². The summed E-state index contributed by atoms with van der Waals surface area (Å²) in [6, 6.07) is 3.91. The first-order valence-electron chi connectivity index (χ1n) is 5.10. The van der Waals surface area contributed by atoms with Crippen LogP contribution in [-0.4, -0.2) is 21.2 Å². The van der Waals surface area contributed by atoms with Gasteiger partial charge in [-0.1, -0.05) is 13.8 Å². The van der Waals surface area contributed by atoms with Gasteiger partial charge in [0.05, 0.1) is 12.9 Å². The molecule has 0 saturated carbocycles. The molecule has 2 aromatic rings. The van der Waals surface area contributed by atoms with Crippen LogP contribution in [0.5, 0.6) is 0 Å². The molecular weight excluding hydrogens is 193 g/mol. The second-order valence-electron chi connectivity index (χ2n) is 3.86. The lowest BCUT2D eigenvalue weighted by Crippen LogP contribution is -2.01. The Morgan fingerprint density at radius 3 is 2.87 bits per heavy atom. The van der Waals surface area contributed by atoms with Crippen LogP contribution in [0.2, 0.25) is 0 Å². The minimum absolute atomic E-state index is 0.324. The van der Waals surface area contributed by atoms with E-state index in [-0.39, 0.29) is 6.67 Å². The fourth-order valence-corrected chi connectivity index (χ4v) is 1.53. The van der Waals surface area contributed by atoms with Crippen LogP contribution in [0.25, 0.3) is 11.2 Å². The van der Waals surface area contributed by atoms with Crippen LogP contribution in [0.15, 0.2) is 18.5 Å². The minimum Gasteiger partial charge on any atom is -0.313 e. The van der Waals surface area contributed by atoms with Gasteiger partial charge >= 0.3 is 0 Å². The summed E-state index contributed by atoms with van der Waals surface area (Å²) in [6.45, 7) is 4.11. The van der Waals surface area contributed by atoms with Crippen molar-refractivity contribution in [2.75, 3.05) is 6.67 Å². The third-order valence-corrected chi connectivity index (χ3v) is 2.40. The molecule has 0 fully saturated rings. The number of alkyl halides is 1. The number of fused-ring (bicyclic) bond motifs is 1. The molecule has 0 spiro atoms. The summed E-state index contributed by atoms with van der Waals surface area (Å²) in [7, 11) is 0. The Kier molecular flexibility index (Phi) is 2.66. The van der Waals surface area contributed by atoms with Crippen molar-refractivity contribution in [2.45, 2.75) is 26.3 Å². The van der Waals surface area contributed by atoms with Gasteiger partial charge in [-0.15, -0.1) is 0 Å². The van der Waals surface area contributed by atoms with E-state index in [1.807, 2.05) is 12.1 Å². The molecule has 15 heavy (non-hydrogen) atoms. The zero-order valence-electron chi connectivity index (χ0n) is 8.94. The second-order valence-corrected chi connectivity index (χ2v) is 3.86. The molecule has 0 radical (unpaired) electrons. The topological polar surface area (TPSA) is 30.7 Å². The summed E-state index contributed by atoms with van der Waals surface area (Å²) < 4.78 is 14.0. The highest BCUT2D eigenvalue weighted by molar-refractivity contribution is 5.70. The lowest BCUT2D eigenvalue weighted by atomic mass is 10.1. The maximum atomic E-state index is 12.3. The summed E-state index contributed by atoms with van der Waals surface area (Å²) in [5, 5.41) is 0. The third kappa shape index (κ3) is 1.84. The summed E-state index contributed by atoms with van der Waals surface area (Å²) in [5.41, 5.74) is 2.62. The molecule has 0 bridgehead atoms. The number of nitrogens with zero attached hydrogens (tertiary/aromatic N) is 3. The smallest absolute Gasteiger partial charge is 0.160 e. The lowest BCUT2D eigenvalue weighted by molar-refractivity contribution is 0.449. The quantitative estimate of drug-likeness (QED) is 0.774. The highest BCUT2D eigenvalue weighted by Crippen LogP contribution is 2.16. The van der Waals surface area contributed by atoms with E-state index < -0.39 is 0 Å². The Labute approximate surface area is 88.0 Å². The van der Waals surface area contributed by atoms with Gasteiger partial charge in [-0.05, 0) is 18.1 Å². The Morgan fingerprint density at radius 2 is 2.20 bits per heavy atom. The number of pyridine rings is 1. The monoisotopic (exact) mass is 207 g/mol. The van der Waals surface area contributed by atoms with Gasteiger partial charge < -0.3 is 4.57 Å². The molecule has 3 nitrogen and oxygen atoms in total. The van der Waals surface area contributed by atoms with Crippen LogP contribution < -0.4 is 0 Å². The van der Waals surface area contributed by atoms with E-state index in [2.05, 4.69) is 23.8 Å². The predicted octanol–water partition coefficient (Wildman–Crippen LogP) is 2.52. The molecule has 0 aliphatic carbocycles. The van der Waals surface area contributed by atoms with Crippen molar-refractivity contribution < 1.29 is 4.39 Å². The molecule has 0 atom stereocenters. The van der Waals surface area contributed by atoms with Gasteiger partial charge in [0.15, 0.2) is 5.65 Å². The van der Waals surface area contributed by atoms with Gasteiger partial charge in [-0.3, -0.25) is 0 Å². The molecule has 0 aliphatic heterocycles. The SMILES string of the molecule is CC(C)c1ccc2ncn(CCF)c2n1. The molecule has 0 aromatic carbocycles. The van der Waals surface area contributed by atoms with E-state index in [1.165, 1.54) is 0 Å². The first-order chi connectivity index (χ1) is 7.22. The van der Waals surface area contributed by atoms with Crippen molar-refractivity contribution in [3.63, 3.8) is 0 Å². The minimum atomic E-state index is -0.390. The van der Waals surface area contributed by atoms with Crippen molar-refractivity contribution in [2.24, 2.45) is 0 Å².